The Morgan fingerprint density at radius 2 is 1.74 bits per heavy atom. The van der Waals surface area contributed by atoms with E-state index in [9.17, 15) is 4.79 Å². The smallest absolute Gasteiger partial charge is 0.230 e. The molecule has 3 rings (SSSR count). The number of aromatic nitrogens is 1. The SMILES string of the molecule is COc1ccc(CC(=O)Nc2nc(-c3ccc(OC)c(OC)c3)cs2)cc1. The van der Waals surface area contributed by atoms with Gasteiger partial charge in [0.2, 0.25) is 5.91 Å². The van der Waals surface area contributed by atoms with E-state index in [1.165, 1.54) is 11.3 Å². The summed E-state index contributed by atoms with van der Waals surface area (Å²) in [4.78, 5) is 16.7. The Morgan fingerprint density at radius 3 is 2.41 bits per heavy atom. The molecule has 1 heterocycles. The molecule has 0 unspecified atom stereocenters. The zero-order chi connectivity index (χ0) is 19.2. The number of benzene rings is 2. The Bertz CT molecular complexity index is 922. The zero-order valence-electron chi connectivity index (χ0n) is 15.3. The minimum Gasteiger partial charge on any atom is -0.497 e. The number of rotatable bonds is 7. The van der Waals surface area contributed by atoms with E-state index >= 15 is 0 Å². The number of carbonyl (C=O) groups is 1. The van der Waals surface area contributed by atoms with Gasteiger partial charge in [0, 0.05) is 10.9 Å². The van der Waals surface area contributed by atoms with Crippen molar-refractivity contribution in [3.8, 4) is 28.5 Å². The quantitative estimate of drug-likeness (QED) is 0.666. The van der Waals surface area contributed by atoms with Gasteiger partial charge in [-0.2, -0.15) is 0 Å². The summed E-state index contributed by atoms with van der Waals surface area (Å²) in [6, 6.07) is 13.0. The van der Waals surface area contributed by atoms with E-state index in [1.807, 2.05) is 47.8 Å². The van der Waals surface area contributed by atoms with Crippen LogP contribution in [0.1, 0.15) is 5.56 Å². The summed E-state index contributed by atoms with van der Waals surface area (Å²) in [6.07, 6.45) is 0.273. The second-order valence-electron chi connectivity index (χ2n) is 5.68. The highest BCUT2D eigenvalue weighted by Crippen LogP contribution is 2.33. The van der Waals surface area contributed by atoms with Crippen molar-refractivity contribution in [1.29, 1.82) is 0 Å². The van der Waals surface area contributed by atoms with Gasteiger partial charge in [0.05, 0.1) is 33.4 Å². The van der Waals surface area contributed by atoms with Gasteiger partial charge in [0.15, 0.2) is 16.6 Å². The third kappa shape index (κ3) is 4.57. The van der Waals surface area contributed by atoms with Crippen LogP contribution in [0.5, 0.6) is 17.2 Å². The van der Waals surface area contributed by atoms with Crippen LogP contribution in [0.4, 0.5) is 5.13 Å². The molecule has 0 aliphatic heterocycles. The van der Waals surface area contributed by atoms with E-state index in [1.54, 1.807) is 21.3 Å². The van der Waals surface area contributed by atoms with Gasteiger partial charge < -0.3 is 19.5 Å². The van der Waals surface area contributed by atoms with Gasteiger partial charge in [-0.15, -0.1) is 11.3 Å². The van der Waals surface area contributed by atoms with Crippen LogP contribution in [0, 0.1) is 0 Å². The molecule has 2 aromatic carbocycles. The largest absolute Gasteiger partial charge is 0.497 e. The fraction of sp³-hybridized carbons (Fsp3) is 0.200. The van der Waals surface area contributed by atoms with Crippen molar-refractivity contribution in [2.75, 3.05) is 26.6 Å². The summed E-state index contributed by atoms with van der Waals surface area (Å²) < 4.78 is 15.7. The van der Waals surface area contributed by atoms with Crippen LogP contribution in [0.15, 0.2) is 47.8 Å². The number of anilines is 1. The van der Waals surface area contributed by atoms with Crippen LogP contribution in [-0.2, 0) is 11.2 Å². The number of thiazole rings is 1. The molecule has 0 radical (unpaired) electrons. The lowest BCUT2D eigenvalue weighted by Crippen LogP contribution is -2.14. The molecule has 0 saturated carbocycles. The Hall–Kier alpha value is -3.06. The molecule has 1 aromatic heterocycles. The topological polar surface area (TPSA) is 69.7 Å². The minimum atomic E-state index is -0.117. The number of carbonyl (C=O) groups excluding carboxylic acids is 1. The Kier molecular flexibility index (Phi) is 5.93. The first-order chi connectivity index (χ1) is 13.1. The summed E-state index contributed by atoms with van der Waals surface area (Å²) in [5, 5.41) is 5.29. The molecule has 0 bridgehead atoms. The van der Waals surface area contributed by atoms with E-state index in [0.717, 1.165) is 22.6 Å². The third-order valence-electron chi connectivity index (χ3n) is 3.95. The van der Waals surface area contributed by atoms with Gasteiger partial charge in [0.25, 0.3) is 0 Å². The first-order valence-electron chi connectivity index (χ1n) is 8.23. The molecule has 1 amide bonds. The maximum Gasteiger partial charge on any atom is 0.230 e. The van der Waals surface area contributed by atoms with Crippen LogP contribution in [-0.4, -0.2) is 32.2 Å². The minimum absolute atomic E-state index is 0.117. The molecule has 0 fully saturated rings. The highest BCUT2D eigenvalue weighted by Gasteiger charge is 2.11. The molecule has 140 valence electrons. The number of nitrogens with zero attached hydrogens (tertiary/aromatic N) is 1. The average molecular weight is 384 g/mol. The Labute approximate surface area is 161 Å². The lowest BCUT2D eigenvalue weighted by Gasteiger charge is -2.08. The number of hydrogen-bond acceptors (Lipinski definition) is 6. The summed E-state index contributed by atoms with van der Waals surface area (Å²) in [5.41, 5.74) is 2.56. The molecule has 7 heteroatoms. The maximum atomic E-state index is 12.3. The van der Waals surface area contributed by atoms with E-state index in [4.69, 9.17) is 14.2 Å². The highest BCUT2D eigenvalue weighted by molar-refractivity contribution is 7.14. The third-order valence-corrected chi connectivity index (χ3v) is 4.71. The van der Waals surface area contributed by atoms with Crippen LogP contribution >= 0.6 is 11.3 Å². The van der Waals surface area contributed by atoms with Gasteiger partial charge >= 0.3 is 0 Å². The van der Waals surface area contributed by atoms with Crippen LogP contribution in [0.25, 0.3) is 11.3 Å². The van der Waals surface area contributed by atoms with Gasteiger partial charge in [-0.3, -0.25) is 4.79 Å². The van der Waals surface area contributed by atoms with Crippen molar-refractivity contribution >= 4 is 22.4 Å². The number of hydrogen-bond donors (Lipinski definition) is 1. The monoisotopic (exact) mass is 384 g/mol. The van der Waals surface area contributed by atoms with Gasteiger partial charge in [-0.05, 0) is 35.9 Å². The van der Waals surface area contributed by atoms with Crippen molar-refractivity contribution in [3.63, 3.8) is 0 Å². The second kappa shape index (κ2) is 8.55. The Morgan fingerprint density at radius 1 is 1.00 bits per heavy atom. The highest BCUT2D eigenvalue weighted by atomic mass is 32.1. The predicted molar refractivity (Wildman–Crippen MR) is 106 cm³/mol. The standard InChI is InChI=1S/C20H20N2O4S/c1-24-15-7-4-13(5-8-15)10-19(23)22-20-21-16(12-27-20)14-6-9-17(25-2)18(11-14)26-3/h4-9,11-12H,10H2,1-3H3,(H,21,22,23). The van der Waals surface area contributed by atoms with Crippen LogP contribution in [0.2, 0.25) is 0 Å². The van der Waals surface area contributed by atoms with Crippen LogP contribution < -0.4 is 19.5 Å². The van der Waals surface area contributed by atoms with E-state index < -0.39 is 0 Å². The van der Waals surface area contributed by atoms with Gasteiger partial charge in [0.1, 0.15) is 5.75 Å². The lowest BCUT2D eigenvalue weighted by atomic mass is 10.1. The zero-order valence-corrected chi connectivity index (χ0v) is 16.1. The normalized spacial score (nSPS) is 10.3. The maximum absolute atomic E-state index is 12.3. The number of methoxy groups -OCH3 is 3. The molecule has 0 aliphatic rings. The molecule has 1 N–H and O–H groups in total. The molecule has 27 heavy (non-hydrogen) atoms. The van der Waals surface area contributed by atoms with Crippen molar-refractivity contribution < 1.29 is 19.0 Å². The first-order valence-corrected chi connectivity index (χ1v) is 9.11. The number of ether oxygens (including phenoxy) is 3. The molecule has 0 atom stereocenters. The number of amides is 1. The summed E-state index contributed by atoms with van der Waals surface area (Å²) in [7, 11) is 4.80. The fourth-order valence-corrected chi connectivity index (χ4v) is 3.29. The average Bonchev–Trinajstić information content (AvgIpc) is 3.16. The van der Waals surface area contributed by atoms with Gasteiger partial charge in [-0.25, -0.2) is 4.98 Å². The molecule has 3 aromatic rings. The summed E-state index contributed by atoms with van der Waals surface area (Å²) >= 11 is 1.38. The molecule has 6 nitrogen and oxygen atoms in total. The molecule has 0 aliphatic carbocycles. The van der Waals surface area contributed by atoms with Crippen molar-refractivity contribution in [3.05, 3.63) is 53.4 Å². The van der Waals surface area contributed by atoms with Crippen LogP contribution in [0.3, 0.4) is 0 Å². The van der Waals surface area contributed by atoms with Crippen molar-refractivity contribution in [2.24, 2.45) is 0 Å². The summed E-state index contributed by atoms with van der Waals surface area (Å²) in [6.45, 7) is 0. The molecular formula is C20H20N2O4S. The van der Waals surface area contributed by atoms with E-state index in [0.29, 0.717) is 16.6 Å². The number of nitrogens with one attached hydrogen (secondary N) is 1. The lowest BCUT2D eigenvalue weighted by molar-refractivity contribution is -0.115. The van der Waals surface area contributed by atoms with Crippen molar-refractivity contribution in [1.82, 2.24) is 4.98 Å². The molecule has 0 saturated heterocycles. The van der Waals surface area contributed by atoms with Gasteiger partial charge in [-0.1, -0.05) is 12.1 Å². The van der Waals surface area contributed by atoms with E-state index in [-0.39, 0.29) is 12.3 Å². The van der Waals surface area contributed by atoms with E-state index in [2.05, 4.69) is 10.3 Å². The second-order valence-corrected chi connectivity index (χ2v) is 6.54. The summed E-state index contributed by atoms with van der Waals surface area (Å²) in [5.74, 6) is 1.93. The Balaban J connectivity index is 1.67. The fourth-order valence-electron chi connectivity index (χ4n) is 2.55. The predicted octanol–water partition coefficient (Wildman–Crippen LogP) is 4.02. The first kappa shape index (κ1) is 18.7. The van der Waals surface area contributed by atoms with Crippen molar-refractivity contribution in [2.45, 2.75) is 6.42 Å². The molecule has 0 spiro atoms. The molecular weight excluding hydrogens is 364 g/mol.